The Kier molecular flexibility index (Phi) is 3.65. The number of hydrogen-bond acceptors (Lipinski definition) is 6. The summed E-state index contributed by atoms with van der Waals surface area (Å²) < 4.78 is 24.9. The summed E-state index contributed by atoms with van der Waals surface area (Å²) in [7, 11) is 0. The molecule has 0 spiro atoms. The number of amidine groups is 1. The van der Waals surface area contributed by atoms with Gasteiger partial charge >= 0.3 is 0 Å². The third-order valence-corrected chi connectivity index (χ3v) is 5.56. The van der Waals surface area contributed by atoms with Crippen molar-refractivity contribution in [3.05, 3.63) is 35.6 Å². The summed E-state index contributed by atoms with van der Waals surface area (Å²) >= 11 is 0. The smallest absolute Gasteiger partial charge is 0.293 e. The van der Waals surface area contributed by atoms with Gasteiger partial charge in [0.15, 0.2) is 10.8 Å². The quantitative estimate of drug-likeness (QED) is 0.826. The van der Waals surface area contributed by atoms with E-state index in [-0.39, 0.29) is 19.0 Å². The molecule has 1 aliphatic heterocycles. The van der Waals surface area contributed by atoms with Gasteiger partial charge in [-0.05, 0) is 31.5 Å². The van der Waals surface area contributed by atoms with Crippen molar-refractivity contribution in [2.75, 3.05) is 13.2 Å². The number of aliphatic imine (C=N–C) groups is 1. The van der Waals surface area contributed by atoms with E-state index in [9.17, 15) is 14.9 Å². The number of rotatable bonds is 5. The predicted octanol–water partition coefficient (Wildman–Crippen LogP) is 2.21. The molecule has 0 unspecified atom stereocenters. The number of fused-ring (bicyclic) bond motifs is 1. The SMILES string of the molecule is CCOC1(OCC)N=C(N)[C@@]2(C#N)[C@@](C)(c3ccc(F)cc3)[C@@]12C#N. The second-order valence-electron chi connectivity index (χ2n) is 6.30. The van der Waals surface area contributed by atoms with Crippen LogP contribution in [-0.2, 0) is 14.9 Å². The first-order valence-electron chi connectivity index (χ1n) is 8.09. The maximum absolute atomic E-state index is 13.4. The summed E-state index contributed by atoms with van der Waals surface area (Å²) in [6.45, 7) is 5.70. The summed E-state index contributed by atoms with van der Waals surface area (Å²) in [5.74, 6) is -2.07. The molecule has 6 nitrogen and oxygen atoms in total. The Balaban J connectivity index is 2.30. The standard InChI is InChI=1S/C18H19FN4O2/c1-4-24-18(25-5-2)17(11-21)15(3,12-6-8-13(19)9-7-12)16(17,10-20)14(22)23-18/h6-9H,4-5H2,1-3H3,(H2,22,23)/t15-,16+,17-/m1/s1. The van der Waals surface area contributed by atoms with Gasteiger partial charge in [-0.15, -0.1) is 0 Å². The number of nitrogens with two attached hydrogens (primary N) is 1. The van der Waals surface area contributed by atoms with E-state index in [1.165, 1.54) is 12.1 Å². The van der Waals surface area contributed by atoms with Gasteiger partial charge in [-0.2, -0.15) is 10.5 Å². The van der Waals surface area contributed by atoms with Gasteiger partial charge in [-0.1, -0.05) is 19.1 Å². The molecule has 0 aromatic heterocycles. The van der Waals surface area contributed by atoms with Gasteiger partial charge in [0.2, 0.25) is 0 Å². The van der Waals surface area contributed by atoms with Crippen LogP contribution in [0.5, 0.6) is 0 Å². The molecule has 7 heteroatoms. The van der Waals surface area contributed by atoms with Crippen LogP contribution in [-0.4, -0.2) is 25.0 Å². The number of nitrogens with zero attached hydrogens (tertiary/aromatic N) is 3. The van der Waals surface area contributed by atoms with Gasteiger partial charge in [0, 0.05) is 18.6 Å². The molecule has 3 rings (SSSR count). The average molecular weight is 342 g/mol. The molecule has 0 radical (unpaired) electrons. The molecule has 0 amide bonds. The molecule has 1 aromatic rings. The monoisotopic (exact) mass is 342 g/mol. The summed E-state index contributed by atoms with van der Waals surface area (Å²) in [6, 6.07) is 10.1. The van der Waals surface area contributed by atoms with Gasteiger partial charge in [-0.3, -0.25) is 0 Å². The fourth-order valence-electron chi connectivity index (χ4n) is 4.50. The molecule has 1 aromatic carbocycles. The summed E-state index contributed by atoms with van der Waals surface area (Å²) in [5.41, 5.74) is 2.84. The van der Waals surface area contributed by atoms with Crippen LogP contribution < -0.4 is 5.73 Å². The zero-order valence-electron chi connectivity index (χ0n) is 14.3. The first kappa shape index (κ1) is 17.3. The van der Waals surface area contributed by atoms with Crippen LogP contribution in [0, 0.1) is 39.3 Å². The van der Waals surface area contributed by atoms with Crippen LogP contribution >= 0.6 is 0 Å². The van der Waals surface area contributed by atoms with Crippen LogP contribution in [0.1, 0.15) is 26.3 Å². The first-order valence-corrected chi connectivity index (χ1v) is 8.09. The van der Waals surface area contributed by atoms with E-state index >= 15 is 0 Å². The molecule has 2 aliphatic rings. The number of hydrogen-bond donors (Lipinski definition) is 1. The van der Waals surface area contributed by atoms with Crippen LogP contribution in [0.4, 0.5) is 4.39 Å². The van der Waals surface area contributed by atoms with E-state index in [4.69, 9.17) is 15.2 Å². The molecule has 1 fully saturated rings. The van der Waals surface area contributed by atoms with Crippen molar-refractivity contribution in [1.82, 2.24) is 0 Å². The molecule has 1 saturated carbocycles. The van der Waals surface area contributed by atoms with Crippen LogP contribution in [0.2, 0.25) is 0 Å². The normalized spacial score (nSPS) is 34.6. The lowest BCUT2D eigenvalue weighted by Gasteiger charge is -2.34. The van der Waals surface area contributed by atoms with E-state index in [0.717, 1.165) is 0 Å². The summed E-state index contributed by atoms with van der Waals surface area (Å²) in [5, 5.41) is 20.2. The largest absolute Gasteiger partial charge is 0.386 e. The highest BCUT2D eigenvalue weighted by molar-refractivity contribution is 6.02. The number of nitriles is 2. The molecule has 0 bridgehead atoms. The van der Waals surface area contributed by atoms with Crippen molar-refractivity contribution in [3.63, 3.8) is 0 Å². The lowest BCUT2D eigenvalue weighted by Crippen LogP contribution is -2.46. The summed E-state index contributed by atoms with van der Waals surface area (Å²) in [4.78, 5) is 4.29. The Hall–Kier alpha value is -2.48. The van der Waals surface area contributed by atoms with E-state index < -0.39 is 28.0 Å². The van der Waals surface area contributed by atoms with Gasteiger partial charge < -0.3 is 15.2 Å². The van der Waals surface area contributed by atoms with Crippen molar-refractivity contribution < 1.29 is 13.9 Å². The van der Waals surface area contributed by atoms with E-state index in [1.54, 1.807) is 32.9 Å². The molecule has 130 valence electrons. The van der Waals surface area contributed by atoms with Crippen LogP contribution in [0.15, 0.2) is 29.3 Å². The van der Waals surface area contributed by atoms with Crippen molar-refractivity contribution >= 4 is 5.84 Å². The van der Waals surface area contributed by atoms with Gasteiger partial charge in [0.25, 0.3) is 5.91 Å². The predicted molar refractivity (Wildman–Crippen MR) is 87.4 cm³/mol. The molecular weight excluding hydrogens is 323 g/mol. The molecule has 2 N–H and O–H groups in total. The van der Waals surface area contributed by atoms with Crippen LogP contribution in [0.25, 0.3) is 0 Å². The molecule has 3 atom stereocenters. The van der Waals surface area contributed by atoms with E-state index in [2.05, 4.69) is 17.1 Å². The average Bonchev–Trinajstić information content (AvgIpc) is 3.01. The lowest BCUT2D eigenvalue weighted by atomic mass is 9.84. The third-order valence-electron chi connectivity index (χ3n) is 5.56. The van der Waals surface area contributed by atoms with E-state index in [1.807, 2.05) is 0 Å². The molecular formula is C18H19FN4O2. The molecule has 25 heavy (non-hydrogen) atoms. The Morgan fingerprint density at radius 1 is 1.12 bits per heavy atom. The Bertz CT molecular complexity index is 819. The zero-order valence-corrected chi connectivity index (χ0v) is 14.3. The van der Waals surface area contributed by atoms with Crippen molar-refractivity contribution in [2.45, 2.75) is 32.1 Å². The Morgan fingerprint density at radius 2 is 1.68 bits per heavy atom. The van der Waals surface area contributed by atoms with Crippen molar-refractivity contribution in [1.29, 1.82) is 10.5 Å². The topological polar surface area (TPSA) is 104 Å². The number of halogens is 1. The van der Waals surface area contributed by atoms with Gasteiger partial charge in [0.1, 0.15) is 11.7 Å². The molecule has 1 aliphatic carbocycles. The van der Waals surface area contributed by atoms with E-state index in [0.29, 0.717) is 5.56 Å². The maximum Gasteiger partial charge on any atom is 0.293 e. The van der Waals surface area contributed by atoms with Crippen molar-refractivity contribution in [2.24, 2.45) is 21.6 Å². The second kappa shape index (κ2) is 5.26. The van der Waals surface area contributed by atoms with Gasteiger partial charge in [-0.25, -0.2) is 9.38 Å². The van der Waals surface area contributed by atoms with Crippen molar-refractivity contribution in [3.8, 4) is 12.1 Å². The highest BCUT2D eigenvalue weighted by atomic mass is 19.1. The minimum Gasteiger partial charge on any atom is -0.386 e. The lowest BCUT2D eigenvalue weighted by molar-refractivity contribution is -0.257. The summed E-state index contributed by atoms with van der Waals surface area (Å²) in [6.07, 6.45) is 0. The number of ether oxygens (including phenoxy) is 2. The molecule has 0 saturated heterocycles. The Morgan fingerprint density at radius 3 is 2.12 bits per heavy atom. The minimum atomic E-state index is -1.67. The second-order valence-corrected chi connectivity index (χ2v) is 6.30. The minimum absolute atomic E-state index is 0.00488. The fraction of sp³-hybridized carbons (Fsp3) is 0.500. The first-order chi connectivity index (χ1) is 11.9. The van der Waals surface area contributed by atoms with Crippen LogP contribution in [0.3, 0.4) is 0 Å². The maximum atomic E-state index is 13.4. The highest BCUT2D eigenvalue weighted by Crippen LogP contribution is 2.85. The fourth-order valence-corrected chi connectivity index (χ4v) is 4.50. The third kappa shape index (κ3) is 1.56. The zero-order chi connectivity index (χ0) is 18.5. The number of benzene rings is 1. The Labute approximate surface area is 145 Å². The molecule has 1 heterocycles. The van der Waals surface area contributed by atoms with Gasteiger partial charge in [0.05, 0.1) is 12.1 Å². The highest BCUT2D eigenvalue weighted by Gasteiger charge is 2.99.